The van der Waals surface area contributed by atoms with Crippen LogP contribution in [-0.2, 0) is 0 Å². The van der Waals surface area contributed by atoms with Crippen molar-refractivity contribution < 1.29 is 13.3 Å². The summed E-state index contributed by atoms with van der Waals surface area (Å²) in [6, 6.07) is 52.5. The van der Waals surface area contributed by atoms with E-state index in [0.717, 1.165) is 88.4 Å². The monoisotopic (exact) mass is 591 g/mol. The summed E-state index contributed by atoms with van der Waals surface area (Å²) in [6.45, 7) is 0. The third-order valence-corrected chi connectivity index (χ3v) is 9.08. The van der Waals surface area contributed by atoms with Crippen molar-refractivity contribution >= 4 is 82.9 Å². The molecule has 0 atom stereocenters. The number of fused-ring (bicyclic) bond motifs is 10. The minimum atomic E-state index is 0.819. The van der Waals surface area contributed by atoms with E-state index >= 15 is 0 Å². The molecule has 0 saturated heterocycles. The summed E-state index contributed by atoms with van der Waals surface area (Å²) in [4.78, 5) is 2.28. The summed E-state index contributed by atoms with van der Waals surface area (Å²) in [5.41, 5.74) is 10.4. The van der Waals surface area contributed by atoms with Crippen molar-refractivity contribution in [1.82, 2.24) is 0 Å². The maximum Gasteiger partial charge on any atom is 0.159 e. The van der Waals surface area contributed by atoms with E-state index in [1.807, 2.05) is 36.4 Å². The summed E-state index contributed by atoms with van der Waals surface area (Å²) < 4.78 is 19.3. The van der Waals surface area contributed by atoms with Gasteiger partial charge in [-0.3, -0.25) is 0 Å². The Bertz CT molecular complexity index is 2750. The quantitative estimate of drug-likeness (QED) is 0.204. The SMILES string of the molecule is c1ccc(-c2ccc(N(c3ccc4oc5ccccc5c4c3)c3cccc4c3oc3c4ccc4oc5ccccc5c43)cc2)cc1. The van der Waals surface area contributed by atoms with Crippen molar-refractivity contribution in [2.45, 2.75) is 0 Å². The van der Waals surface area contributed by atoms with E-state index in [0.29, 0.717) is 0 Å². The Balaban J connectivity index is 1.24. The van der Waals surface area contributed by atoms with Crippen LogP contribution in [0, 0.1) is 0 Å². The van der Waals surface area contributed by atoms with Gasteiger partial charge in [-0.1, -0.05) is 91.0 Å². The van der Waals surface area contributed by atoms with Crippen LogP contribution >= 0.6 is 0 Å². The maximum absolute atomic E-state index is 6.90. The predicted octanol–water partition coefficient (Wildman–Crippen LogP) is 12.5. The van der Waals surface area contributed by atoms with Crippen molar-refractivity contribution in [3.05, 3.63) is 152 Å². The Kier molecular flexibility index (Phi) is 5.25. The number of nitrogens with zero attached hydrogens (tertiary/aromatic N) is 1. The smallest absolute Gasteiger partial charge is 0.159 e. The molecule has 216 valence electrons. The minimum Gasteiger partial charge on any atom is -0.456 e. The van der Waals surface area contributed by atoms with Crippen molar-refractivity contribution in [2.75, 3.05) is 4.90 Å². The molecule has 4 nitrogen and oxygen atoms in total. The van der Waals surface area contributed by atoms with E-state index in [2.05, 4.69) is 120 Å². The summed E-state index contributed by atoms with van der Waals surface area (Å²) in [6.07, 6.45) is 0. The molecule has 0 amide bonds. The number of para-hydroxylation sites is 3. The third kappa shape index (κ3) is 3.67. The first kappa shape index (κ1) is 25.1. The number of benzene rings is 7. The highest BCUT2D eigenvalue weighted by molar-refractivity contribution is 6.23. The molecular formula is C42H25NO3. The predicted molar refractivity (Wildman–Crippen MR) is 188 cm³/mol. The molecular weight excluding hydrogens is 566 g/mol. The first-order valence-corrected chi connectivity index (χ1v) is 15.4. The highest BCUT2D eigenvalue weighted by atomic mass is 16.3. The number of rotatable bonds is 4. The molecule has 10 aromatic rings. The summed E-state index contributed by atoms with van der Waals surface area (Å²) in [5.74, 6) is 0. The van der Waals surface area contributed by atoms with Crippen LogP contribution in [0.5, 0.6) is 0 Å². The molecule has 0 N–H and O–H groups in total. The molecule has 0 bridgehead atoms. The number of hydrogen-bond donors (Lipinski definition) is 0. The van der Waals surface area contributed by atoms with Crippen molar-refractivity contribution in [3.8, 4) is 11.1 Å². The van der Waals surface area contributed by atoms with Crippen LogP contribution in [0.15, 0.2) is 165 Å². The van der Waals surface area contributed by atoms with Gasteiger partial charge in [0, 0.05) is 38.3 Å². The van der Waals surface area contributed by atoms with Gasteiger partial charge in [0.1, 0.15) is 27.9 Å². The highest BCUT2D eigenvalue weighted by Crippen LogP contribution is 2.46. The van der Waals surface area contributed by atoms with E-state index < -0.39 is 0 Å². The Hall–Kier alpha value is -6.26. The van der Waals surface area contributed by atoms with E-state index in [-0.39, 0.29) is 0 Å². The van der Waals surface area contributed by atoms with E-state index in [4.69, 9.17) is 13.3 Å². The molecule has 0 unspecified atom stereocenters. The van der Waals surface area contributed by atoms with Gasteiger partial charge in [0.05, 0.1) is 11.1 Å². The molecule has 46 heavy (non-hydrogen) atoms. The first-order chi connectivity index (χ1) is 22.8. The van der Waals surface area contributed by atoms with Crippen molar-refractivity contribution in [2.24, 2.45) is 0 Å². The zero-order valence-electron chi connectivity index (χ0n) is 24.6. The van der Waals surface area contributed by atoms with Gasteiger partial charge < -0.3 is 18.2 Å². The van der Waals surface area contributed by atoms with Gasteiger partial charge in [0.2, 0.25) is 0 Å². The lowest BCUT2D eigenvalue weighted by Crippen LogP contribution is -2.10. The highest BCUT2D eigenvalue weighted by Gasteiger charge is 2.22. The molecule has 10 rings (SSSR count). The van der Waals surface area contributed by atoms with Gasteiger partial charge in [0.25, 0.3) is 0 Å². The summed E-state index contributed by atoms with van der Waals surface area (Å²) >= 11 is 0. The van der Waals surface area contributed by atoms with Gasteiger partial charge in [-0.25, -0.2) is 0 Å². The Morgan fingerprint density at radius 1 is 0.348 bits per heavy atom. The second kappa shape index (κ2) is 9.62. The number of anilines is 3. The van der Waals surface area contributed by atoms with Crippen LogP contribution in [0.3, 0.4) is 0 Å². The van der Waals surface area contributed by atoms with Crippen LogP contribution in [0.2, 0.25) is 0 Å². The summed E-state index contributed by atoms with van der Waals surface area (Å²) in [5, 5.41) is 6.33. The molecule has 3 heterocycles. The lowest BCUT2D eigenvalue weighted by molar-refractivity contribution is 0.663. The van der Waals surface area contributed by atoms with Gasteiger partial charge in [-0.15, -0.1) is 0 Å². The fourth-order valence-corrected chi connectivity index (χ4v) is 6.94. The van der Waals surface area contributed by atoms with E-state index in [1.54, 1.807) is 0 Å². The fraction of sp³-hybridized carbons (Fsp3) is 0. The molecule has 0 saturated carbocycles. The molecule has 0 aliphatic rings. The van der Waals surface area contributed by atoms with Gasteiger partial charge in [-0.05, 0) is 71.8 Å². The molecule has 0 aliphatic heterocycles. The third-order valence-electron chi connectivity index (χ3n) is 9.08. The molecule has 0 fully saturated rings. The Morgan fingerprint density at radius 3 is 1.80 bits per heavy atom. The number of furan rings is 3. The minimum absolute atomic E-state index is 0.819. The Morgan fingerprint density at radius 2 is 0.957 bits per heavy atom. The van der Waals surface area contributed by atoms with Gasteiger partial charge >= 0.3 is 0 Å². The Labute approximate surface area is 263 Å². The van der Waals surface area contributed by atoms with Crippen LogP contribution in [-0.4, -0.2) is 0 Å². The first-order valence-electron chi connectivity index (χ1n) is 15.4. The van der Waals surface area contributed by atoms with E-state index in [9.17, 15) is 0 Å². The molecule has 0 radical (unpaired) electrons. The normalized spacial score (nSPS) is 11.9. The average molecular weight is 592 g/mol. The zero-order chi connectivity index (χ0) is 30.2. The largest absolute Gasteiger partial charge is 0.456 e. The van der Waals surface area contributed by atoms with Gasteiger partial charge in [0.15, 0.2) is 5.58 Å². The van der Waals surface area contributed by atoms with Crippen LogP contribution < -0.4 is 4.90 Å². The second-order valence-corrected chi connectivity index (χ2v) is 11.7. The lowest BCUT2D eigenvalue weighted by atomic mass is 10.0. The lowest BCUT2D eigenvalue weighted by Gasteiger charge is -2.26. The summed E-state index contributed by atoms with van der Waals surface area (Å²) in [7, 11) is 0. The molecule has 0 aliphatic carbocycles. The second-order valence-electron chi connectivity index (χ2n) is 11.7. The van der Waals surface area contributed by atoms with Crippen LogP contribution in [0.1, 0.15) is 0 Å². The number of hydrogen-bond acceptors (Lipinski definition) is 4. The molecule has 0 spiro atoms. The molecule has 7 aromatic carbocycles. The van der Waals surface area contributed by atoms with Crippen molar-refractivity contribution in [1.29, 1.82) is 0 Å². The maximum atomic E-state index is 6.90. The molecule has 4 heteroatoms. The average Bonchev–Trinajstić information content (AvgIpc) is 3.80. The zero-order valence-corrected chi connectivity index (χ0v) is 24.6. The fourth-order valence-electron chi connectivity index (χ4n) is 6.94. The molecule has 3 aromatic heterocycles. The van der Waals surface area contributed by atoms with Crippen molar-refractivity contribution in [3.63, 3.8) is 0 Å². The van der Waals surface area contributed by atoms with E-state index in [1.165, 1.54) is 5.56 Å². The standard InChI is InChI=1S/C42H25NO3/c1-2-9-26(10-3-1)27-17-19-28(20-18-27)43(29-21-23-38-34(25-29)30-11-4-6-15-36(30)44-38)35-14-8-13-31-32-22-24-39-40(42(32)46-41(31)35)33-12-5-7-16-37(33)45-39/h1-25H. The van der Waals surface area contributed by atoms with Gasteiger partial charge in [-0.2, -0.15) is 0 Å². The topological polar surface area (TPSA) is 42.7 Å². The van der Waals surface area contributed by atoms with Crippen LogP contribution in [0.25, 0.3) is 76.9 Å². The van der Waals surface area contributed by atoms with Crippen LogP contribution in [0.4, 0.5) is 17.1 Å².